The molecule has 0 radical (unpaired) electrons. The largest absolute Gasteiger partial charge is 0.458 e. The molecule has 0 bridgehead atoms. The van der Waals surface area contributed by atoms with E-state index in [0.29, 0.717) is 12.8 Å². The second kappa shape index (κ2) is 8.11. The molecule has 0 saturated heterocycles. The first-order chi connectivity index (χ1) is 11.6. The zero-order valence-corrected chi connectivity index (χ0v) is 18.0. The van der Waals surface area contributed by atoms with Crippen molar-refractivity contribution in [3.05, 3.63) is 0 Å². The van der Waals surface area contributed by atoms with Crippen LogP contribution in [0.25, 0.3) is 0 Å². The smallest absolute Gasteiger partial charge is 0.329 e. The SMILES string of the molecule is CC(C)[C@@H](C(=O)OC(C)(C)C)N(C)C(=O)C1CC(C(=O)C=S(C)(C)=O)C1. The van der Waals surface area contributed by atoms with Crippen molar-refractivity contribution < 1.29 is 23.3 Å². The molecule has 1 rings (SSSR count). The Morgan fingerprint density at radius 2 is 1.62 bits per heavy atom. The van der Waals surface area contributed by atoms with E-state index >= 15 is 0 Å². The van der Waals surface area contributed by atoms with E-state index in [2.05, 4.69) is 0 Å². The van der Waals surface area contributed by atoms with E-state index in [1.165, 1.54) is 22.8 Å². The number of likely N-dealkylation sites (N-methyl/N-ethyl adjacent to an activating group) is 1. The number of nitrogens with zero attached hydrogens (tertiary/aromatic N) is 1. The van der Waals surface area contributed by atoms with Crippen molar-refractivity contribution in [3.63, 3.8) is 0 Å². The Hall–Kier alpha value is -1.37. The van der Waals surface area contributed by atoms with Gasteiger partial charge in [-0.05, 0) is 49.1 Å². The highest BCUT2D eigenvalue weighted by Crippen LogP contribution is 2.36. The van der Waals surface area contributed by atoms with Gasteiger partial charge in [0, 0.05) is 36.8 Å². The molecule has 1 aliphatic rings. The van der Waals surface area contributed by atoms with Crippen LogP contribution in [0.3, 0.4) is 0 Å². The van der Waals surface area contributed by atoms with Crippen LogP contribution in [-0.2, 0) is 28.6 Å². The molecule has 0 aromatic rings. The van der Waals surface area contributed by atoms with Crippen LogP contribution >= 0.6 is 0 Å². The third-order valence-corrected chi connectivity index (χ3v) is 5.13. The molecule has 0 spiro atoms. The van der Waals surface area contributed by atoms with Crippen LogP contribution in [0.1, 0.15) is 47.5 Å². The van der Waals surface area contributed by atoms with Crippen molar-refractivity contribution in [2.45, 2.75) is 59.1 Å². The first-order valence-electron chi connectivity index (χ1n) is 8.94. The molecule has 0 heterocycles. The minimum Gasteiger partial charge on any atom is -0.458 e. The molecule has 0 aromatic heterocycles. The molecular formula is C19H33NO5S. The Labute approximate surface area is 157 Å². The Bertz CT molecular complexity index is 669. The van der Waals surface area contributed by atoms with Gasteiger partial charge in [-0.3, -0.25) is 13.8 Å². The van der Waals surface area contributed by atoms with Gasteiger partial charge in [0.05, 0.1) is 0 Å². The van der Waals surface area contributed by atoms with Crippen molar-refractivity contribution in [3.8, 4) is 0 Å². The Balaban J connectivity index is 2.76. The number of ketones is 1. The van der Waals surface area contributed by atoms with Gasteiger partial charge in [-0.15, -0.1) is 0 Å². The predicted molar refractivity (Wildman–Crippen MR) is 105 cm³/mol. The third-order valence-electron chi connectivity index (χ3n) is 4.33. The van der Waals surface area contributed by atoms with E-state index in [-0.39, 0.29) is 29.4 Å². The van der Waals surface area contributed by atoms with Crippen LogP contribution in [0.4, 0.5) is 0 Å². The van der Waals surface area contributed by atoms with Crippen LogP contribution in [-0.4, -0.2) is 63.3 Å². The average molecular weight is 388 g/mol. The molecule has 150 valence electrons. The summed E-state index contributed by atoms with van der Waals surface area (Å²) in [7, 11) is -0.619. The molecule has 0 N–H and O–H groups in total. The number of amides is 1. The van der Waals surface area contributed by atoms with Gasteiger partial charge in [-0.2, -0.15) is 0 Å². The summed E-state index contributed by atoms with van der Waals surface area (Å²) in [6, 6.07) is -0.659. The maximum absolute atomic E-state index is 12.7. The summed E-state index contributed by atoms with van der Waals surface area (Å²) >= 11 is 0. The number of ether oxygens (including phenoxy) is 1. The second-order valence-corrected chi connectivity index (χ2v) is 11.7. The second-order valence-electron chi connectivity index (χ2n) is 8.87. The number of rotatable bonds is 6. The Kier molecular flexibility index (Phi) is 7.07. The van der Waals surface area contributed by atoms with E-state index < -0.39 is 27.1 Å². The number of carbonyl (C=O) groups excluding carboxylic acids is 3. The van der Waals surface area contributed by atoms with Crippen LogP contribution < -0.4 is 0 Å². The van der Waals surface area contributed by atoms with E-state index in [1.54, 1.807) is 27.8 Å². The average Bonchev–Trinajstić information content (AvgIpc) is 2.31. The van der Waals surface area contributed by atoms with Crippen LogP contribution in [0.2, 0.25) is 0 Å². The fraction of sp³-hybridized carbons (Fsp3) is 0.789. The summed E-state index contributed by atoms with van der Waals surface area (Å²) in [5, 5.41) is 1.28. The molecule has 1 atom stereocenters. The summed E-state index contributed by atoms with van der Waals surface area (Å²) < 4.78 is 17.2. The molecule has 0 unspecified atom stereocenters. The molecular weight excluding hydrogens is 354 g/mol. The number of Topliss-reactive ketones (excluding diaryl/α,β-unsaturated/α-hetero) is 1. The monoisotopic (exact) mass is 387 g/mol. The molecule has 26 heavy (non-hydrogen) atoms. The molecule has 7 heteroatoms. The van der Waals surface area contributed by atoms with Gasteiger partial charge in [-0.25, -0.2) is 4.79 Å². The first kappa shape index (κ1) is 22.7. The van der Waals surface area contributed by atoms with Crippen LogP contribution in [0.15, 0.2) is 0 Å². The summed E-state index contributed by atoms with van der Waals surface area (Å²) in [5.41, 5.74) is -0.620. The van der Waals surface area contributed by atoms with Gasteiger partial charge < -0.3 is 9.64 Å². The topological polar surface area (TPSA) is 80.8 Å². The lowest BCUT2D eigenvalue weighted by molar-refractivity contribution is -0.167. The maximum Gasteiger partial charge on any atom is 0.329 e. The van der Waals surface area contributed by atoms with E-state index in [9.17, 15) is 18.6 Å². The molecule has 1 amide bonds. The molecule has 6 nitrogen and oxygen atoms in total. The summed E-state index contributed by atoms with van der Waals surface area (Å²) in [6.45, 7) is 9.13. The number of carbonyl (C=O) groups is 3. The first-order valence-corrected chi connectivity index (χ1v) is 11.4. The zero-order valence-electron chi connectivity index (χ0n) is 17.2. The maximum atomic E-state index is 12.7. The van der Waals surface area contributed by atoms with Crippen LogP contribution in [0, 0.1) is 17.8 Å². The van der Waals surface area contributed by atoms with Crippen molar-refractivity contribution in [1.82, 2.24) is 4.90 Å². The van der Waals surface area contributed by atoms with Gasteiger partial charge in [0.2, 0.25) is 5.91 Å². The van der Waals surface area contributed by atoms with E-state index in [0.717, 1.165) is 0 Å². The lowest BCUT2D eigenvalue weighted by Crippen LogP contribution is -2.52. The minimum absolute atomic E-state index is 0.0884. The summed E-state index contributed by atoms with van der Waals surface area (Å²) in [6.07, 6.45) is 3.92. The fourth-order valence-electron chi connectivity index (χ4n) is 3.09. The third kappa shape index (κ3) is 6.41. The fourth-order valence-corrected chi connectivity index (χ4v) is 3.84. The minimum atomic E-state index is -2.23. The van der Waals surface area contributed by atoms with Crippen molar-refractivity contribution in [2.24, 2.45) is 17.8 Å². The molecule has 0 aromatic carbocycles. The quantitative estimate of drug-likeness (QED) is 0.512. The predicted octanol–water partition coefficient (Wildman–Crippen LogP) is 1.75. The highest BCUT2D eigenvalue weighted by Gasteiger charge is 2.42. The highest BCUT2D eigenvalue weighted by molar-refractivity contribution is 8.01. The summed E-state index contributed by atoms with van der Waals surface area (Å²) in [4.78, 5) is 38.7. The van der Waals surface area contributed by atoms with E-state index in [1.807, 2.05) is 13.8 Å². The summed E-state index contributed by atoms with van der Waals surface area (Å²) in [5.74, 6) is -1.34. The molecule has 1 saturated carbocycles. The number of esters is 1. The van der Waals surface area contributed by atoms with Crippen molar-refractivity contribution >= 4 is 32.5 Å². The number of hydrogen-bond donors (Lipinski definition) is 0. The van der Waals surface area contributed by atoms with E-state index in [4.69, 9.17) is 4.74 Å². The lowest BCUT2D eigenvalue weighted by atomic mass is 9.72. The Morgan fingerprint density at radius 1 is 1.12 bits per heavy atom. The molecule has 1 aliphatic carbocycles. The zero-order chi connectivity index (χ0) is 20.4. The highest BCUT2D eigenvalue weighted by atomic mass is 32.2. The molecule has 1 fully saturated rings. The van der Waals surface area contributed by atoms with Gasteiger partial charge in [0.25, 0.3) is 0 Å². The molecule has 0 aliphatic heterocycles. The number of hydrogen-bond acceptors (Lipinski definition) is 5. The van der Waals surface area contributed by atoms with Crippen molar-refractivity contribution in [1.29, 1.82) is 0 Å². The van der Waals surface area contributed by atoms with Gasteiger partial charge >= 0.3 is 5.97 Å². The standard InChI is InChI=1S/C19H33NO5S/c1-12(2)16(18(23)25-19(3,4)5)20(6)17(22)14-9-13(10-14)15(21)11-26(7,8)24/h11-14,16H,9-10H2,1-8H3/t13?,14?,16-/m0/s1. The normalized spacial score (nSPS) is 21.6. The van der Waals surface area contributed by atoms with Gasteiger partial charge in [-0.1, -0.05) is 13.8 Å². The lowest BCUT2D eigenvalue weighted by Gasteiger charge is -2.39. The van der Waals surface area contributed by atoms with Gasteiger partial charge in [0.1, 0.15) is 11.6 Å². The van der Waals surface area contributed by atoms with Gasteiger partial charge in [0.15, 0.2) is 5.78 Å². The van der Waals surface area contributed by atoms with Crippen LogP contribution in [0.5, 0.6) is 0 Å². The van der Waals surface area contributed by atoms with Crippen molar-refractivity contribution in [2.75, 3.05) is 19.6 Å². The Morgan fingerprint density at radius 3 is 2.00 bits per heavy atom.